The van der Waals surface area contributed by atoms with Crippen LogP contribution in [0.15, 0.2) is 59.0 Å². The molecule has 0 atom stereocenters. The number of rotatable bonds is 7. The van der Waals surface area contributed by atoms with Crippen LogP contribution in [0.4, 0.5) is 11.4 Å². The van der Waals surface area contributed by atoms with E-state index in [4.69, 9.17) is 27.6 Å². The third kappa shape index (κ3) is 4.53. The summed E-state index contributed by atoms with van der Waals surface area (Å²) in [4.78, 5) is 12.3. The number of carbonyl (C=O) groups is 1. The highest BCUT2D eigenvalue weighted by Gasteiger charge is 2.32. The molecule has 1 saturated carbocycles. The van der Waals surface area contributed by atoms with E-state index in [1.165, 1.54) is 11.9 Å². The number of hydrogen-bond donors (Lipinski definition) is 3. The second kappa shape index (κ2) is 9.45. The van der Waals surface area contributed by atoms with Crippen LogP contribution in [-0.4, -0.2) is 34.5 Å². The van der Waals surface area contributed by atoms with Gasteiger partial charge in [-0.25, -0.2) is 4.79 Å². The molecule has 1 aliphatic rings. The first kappa shape index (κ1) is 24.1. The van der Waals surface area contributed by atoms with Gasteiger partial charge in [0.2, 0.25) is 0 Å². The fourth-order valence-electron chi connectivity index (χ4n) is 4.26. The average molecular weight is 528 g/mol. The minimum absolute atomic E-state index is 0.121. The smallest absolute Gasteiger partial charge is 0.478 e. The van der Waals surface area contributed by atoms with Crippen molar-refractivity contribution in [3.8, 4) is 11.3 Å². The van der Waals surface area contributed by atoms with Crippen molar-refractivity contribution in [2.75, 3.05) is 10.6 Å². The van der Waals surface area contributed by atoms with Crippen LogP contribution in [0.3, 0.4) is 0 Å². The molecule has 1 heterocycles. The van der Waals surface area contributed by atoms with E-state index in [0.717, 1.165) is 29.8 Å². The van der Waals surface area contributed by atoms with Gasteiger partial charge in [0.15, 0.2) is 0 Å². The van der Waals surface area contributed by atoms with Crippen molar-refractivity contribution in [1.82, 2.24) is 0 Å². The van der Waals surface area contributed by atoms with Crippen molar-refractivity contribution in [2.45, 2.75) is 18.8 Å². The van der Waals surface area contributed by atoms with Crippen LogP contribution in [0.2, 0.25) is 10.0 Å². The second-order valence-corrected chi connectivity index (χ2v) is 9.93. The Morgan fingerprint density at radius 3 is 2.37 bits per heavy atom. The SMILES string of the molecule is CSN(c1ccc(B(O)O)c(Cl)c1)c1cc2oc(-c3ccc(Cl)cc3)c(C(=O)O)c2cc1C1CC1. The number of hydrogen-bond acceptors (Lipinski definition) is 6. The van der Waals surface area contributed by atoms with Gasteiger partial charge in [0.1, 0.15) is 16.9 Å². The maximum Gasteiger partial charge on any atom is 0.489 e. The number of halogens is 2. The lowest BCUT2D eigenvalue weighted by molar-refractivity contribution is 0.0699. The molecule has 178 valence electrons. The molecule has 0 amide bonds. The fourth-order valence-corrected chi connectivity index (χ4v) is 5.34. The molecule has 1 fully saturated rings. The Hall–Kier alpha value is -2.62. The van der Waals surface area contributed by atoms with Crippen molar-refractivity contribution in [3.05, 3.63) is 75.8 Å². The molecule has 6 nitrogen and oxygen atoms in total. The van der Waals surface area contributed by atoms with Crippen LogP contribution in [-0.2, 0) is 0 Å². The van der Waals surface area contributed by atoms with E-state index in [9.17, 15) is 19.9 Å². The Morgan fingerprint density at radius 2 is 1.80 bits per heavy atom. The summed E-state index contributed by atoms with van der Waals surface area (Å²) in [6, 6.07) is 15.7. The van der Waals surface area contributed by atoms with Gasteiger partial charge >= 0.3 is 13.1 Å². The highest BCUT2D eigenvalue weighted by atomic mass is 35.5. The summed E-state index contributed by atoms with van der Waals surface area (Å²) in [5.74, 6) is -0.466. The van der Waals surface area contributed by atoms with Crippen LogP contribution in [0, 0.1) is 0 Å². The Labute approximate surface area is 216 Å². The zero-order chi connectivity index (χ0) is 24.9. The van der Waals surface area contributed by atoms with Gasteiger partial charge < -0.3 is 19.6 Å². The van der Waals surface area contributed by atoms with Crippen LogP contribution >= 0.6 is 35.1 Å². The normalized spacial score (nSPS) is 13.3. The maximum absolute atomic E-state index is 12.3. The number of nitrogens with zero attached hydrogens (tertiary/aromatic N) is 1. The number of carboxylic acids is 1. The summed E-state index contributed by atoms with van der Waals surface area (Å²) >= 11 is 13.8. The molecule has 35 heavy (non-hydrogen) atoms. The molecular formula is C25H20BCl2NO5S. The molecular weight excluding hydrogens is 508 g/mol. The molecule has 3 N–H and O–H groups in total. The molecule has 5 rings (SSSR count). The van der Waals surface area contributed by atoms with Crippen molar-refractivity contribution in [2.24, 2.45) is 0 Å². The van der Waals surface area contributed by atoms with Crippen LogP contribution < -0.4 is 9.77 Å². The molecule has 1 aromatic heterocycles. The highest BCUT2D eigenvalue weighted by Crippen LogP contribution is 2.50. The summed E-state index contributed by atoms with van der Waals surface area (Å²) in [7, 11) is -1.67. The highest BCUT2D eigenvalue weighted by molar-refractivity contribution is 8.00. The van der Waals surface area contributed by atoms with Gasteiger partial charge in [-0.15, -0.1) is 0 Å². The summed E-state index contributed by atoms with van der Waals surface area (Å²) in [5.41, 5.74) is 4.07. The zero-order valence-corrected chi connectivity index (χ0v) is 20.9. The molecule has 0 aliphatic heterocycles. The Morgan fingerprint density at radius 1 is 1.09 bits per heavy atom. The molecule has 0 bridgehead atoms. The van der Waals surface area contributed by atoms with E-state index in [1.807, 2.05) is 22.7 Å². The lowest BCUT2D eigenvalue weighted by atomic mass is 9.80. The number of carboxylic acid groups (broad SMARTS) is 1. The van der Waals surface area contributed by atoms with Crippen molar-refractivity contribution in [3.63, 3.8) is 0 Å². The third-order valence-corrected chi connectivity index (χ3v) is 7.42. The first-order valence-electron chi connectivity index (χ1n) is 10.9. The third-order valence-electron chi connectivity index (χ3n) is 6.07. The van der Waals surface area contributed by atoms with E-state index >= 15 is 0 Å². The minimum atomic E-state index is -1.67. The Bertz CT molecular complexity index is 1440. The van der Waals surface area contributed by atoms with Crippen molar-refractivity contribution in [1.29, 1.82) is 0 Å². The van der Waals surface area contributed by atoms with Gasteiger partial charge in [0.05, 0.1) is 11.4 Å². The number of fused-ring (bicyclic) bond motifs is 1. The topological polar surface area (TPSA) is 94.1 Å². The monoisotopic (exact) mass is 527 g/mol. The van der Waals surface area contributed by atoms with E-state index in [0.29, 0.717) is 27.5 Å². The summed E-state index contributed by atoms with van der Waals surface area (Å²) in [6.07, 6.45) is 3.95. The standard InChI is InChI=1S/C25H20BCl2NO5S/c1-35-29(16-8-9-19(26(32)33)20(28)10-16)21-12-22-18(11-17(21)13-2-3-13)23(25(30)31)24(34-22)14-4-6-15(27)7-5-14/h4-13,32-33H,2-3H2,1H3,(H,30,31). The predicted octanol–water partition coefficient (Wildman–Crippen LogP) is 6.08. The van der Waals surface area contributed by atoms with Gasteiger partial charge in [-0.2, -0.15) is 0 Å². The largest absolute Gasteiger partial charge is 0.489 e. The van der Waals surface area contributed by atoms with Gasteiger partial charge in [0, 0.05) is 38.8 Å². The van der Waals surface area contributed by atoms with Gasteiger partial charge in [-0.3, -0.25) is 4.31 Å². The van der Waals surface area contributed by atoms with Crippen molar-refractivity contribution >= 4 is 76.0 Å². The summed E-state index contributed by atoms with van der Waals surface area (Å²) in [5, 5.41) is 30.4. The van der Waals surface area contributed by atoms with E-state index in [-0.39, 0.29) is 21.8 Å². The first-order chi connectivity index (χ1) is 16.8. The minimum Gasteiger partial charge on any atom is -0.478 e. The van der Waals surface area contributed by atoms with E-state index in [1.54, 1.807) is 42.5 Å². The molecule has 0 saturated heterocycles. The number of benzene rings is 3. The maximum atomic E-state index is 12.3. The van der Waals surface area contributed by atoms with E-state index < -0.39 is 13.1 Å². The molecule has 0 radical (unpaired) electrons. The average Bonchev–Trinajstić information content (AvgIpc) is 3.59. The lowest BCUT2D eigenvalue weighted by Gasteiger charge is -2.25. The number of furan rings is 1. The predicted molar refractivity (Wildman–Crippen MR) is 143 cm³/mol. The van der Waals surface area contributed by atoms with Gasteiger partial charge in [0.25, 0.3) is 0 Å². The summed E-state index contributed by atoms with van der Waals surface area (Å²) in [6.45, 7) is 0. The Balaban J connectivity index is 1.70. The second-order valence-electron chi connectivity index (χ2n) is 8.36. The fraction of sp³-hybridized carbons (Fsp3) is 0.160. The Kier molecular flexibility index (Phi) is 6.50. The number of aromatic carboxylic acids is 1. The van der Waals surface area contributed by atoms with Crippen LogP contribution in [0.25, 0.3) is 22.3 Å². The van der Waals surface area contributed by atoms with Gasteiger partial charge in [-0.05, 0) is 78.7 Å². The molecule has 3 aromatic carbocycles. The zero-order valence-electron chi connectivity index (χ0n) is 18.5. The molecule has 10 heteroatoms. The lowest BCUT2D eigenvalue weighted by Crippen LogP contribution is -2.30. The van der Waals surface area contributed by atoms with Crippen LogP contribution in [0.5, 0.6) is 0 Å². The van der Waals surface area contributed by atoms with Gasteiger partial charge in [-0.1, -0.05) is 29.3 Å². The molecule has 0 unspecified atom stereocenters. The van der Waals surface area contributed by atoms with E-state index in [2.05, 4.69) is 0 Å². The molecule has 4 aromatic rings. The molecule has 1 aliphatic carbocycles. The first-order valence-corrected chi connectivity index (χ1v) is 12.8. The van der Waals surface area contributed by atoms with Crippen molar-refractivity contribution < 1.29 is 24.4 Å². The summed E-state index contributed by atoms with van der Waals surface area (Å²) < 4.78 is 8.12. The quantitative estimate of drug-likeness (QED) is 0.198. The number of anilines is 2. The molecule has 0 spiro atoms. The van der Waals surface area contributed by atoms with Crippen LogP contribution in [0.1, 0.15) is 34.7 Å².